The molecule has 1 atom stereocenters. The van der Waals surface area contributed by atoms with Gasteiger partial charge in [0.1, 0.15) is 6.04 Å². The van der Waals surface area contributed by atoms with Crippen molar-refractivity contribution in [1.29, 1.82) is 0 Å². The van der Waals surface area contributed by atoms with E-state index in [9.17, 15) is 4.79 Å². The highest BCUT2D eigenvalue weighted by Gasteiger charge is 2.12. The van der Waals surface area contributed by atoms with E-state index in [0.29, 0.717) is 0 Å². The fourth-order valence-corrected chi connectivity index (χ4v) is 2.63. The maximum Gasteiger partial charge on any atom is 0.320 e. The number of hydrogen-bond acceptors (Lipinski definition) is 4. The largest absolute Gasteiger partial charge is 0.480 e. The van der Waals surface area contributed by atoms with Crippen molar-refractivity contribution in [3.8, 4) is 0 Å². The molecule has 0 heterocycles. The molecule has 0 aliphatic carbocycles. The van der Waals surface area contributed by atoms with E-state index in [1.165, 1.54) is 0 Å². The van der Waals surface area contributed by atoms with E-state index >= 15 is 0 Å². The molecule has 0 spiro atoms. The lowest BCUT2D eigenvalue weighted by molar-refractivity contribution is -0.138. The molecule has 0 aromatic heterocycles. The number of rotatable bonds is 7. The molecule has 138 valence electrons. The first kappa shape index (κ1) is 19.5. The fraction of sp³-hybridized carbons (Fsp3) is 0.286. The molecule has 0 aliphatic heterocycles. The van der Waals surface area contributed by atoms with Gasteiger partial charge in [0.05, 0.1) is 0 Å². The molecule has 0 aliphatic rings. The van der Waals surface area contributed by atoms with Crippen molar-refractivity contribution >= 4 is 22.9 Å². The van der Waals surface area contributed by atoms with Gasteiger partial charge in [-0.1, -0.05) is 30.3 Å². The lowest BCUT2D eigenvalue weighted by atomic mass is 9.95. The Hall–Kier alpha value is -2.79. The molecule has 2 aromatic carbocycles. The summed E-state index contributed by atoms with van der Waals surface area (Å²) < 4.78 is 0. The summed E-state index contributed by atoms with van der Waals surface area (Å²) in [4.78, 5) is 15.1. The quantitative estimate of drug-likeness (QED) is 0.801. The molecule has 0 bridgehead atoms. The highest BCUT2D eigenvalue weighted by Crippen LogP contribution is 2.27. The van der Waals surface area contributed by atoms with Crippen LogP contribution in [0.2, 0.25) is 0 Å². The van der Waals surface area contributed by atoms with Gasteiger partial charge in [0.25, 0.3) is 0 Å². The summed E-state index contributed by atoms with van der Waals surface area (Å²) >= 11 is 0. The van der Waals surface area contributed by atoms with Crippen LogP contribution in [0.25, 0.3) is 5.57 Å². The van der Waals surface area contributed by atoms with Gasteiger partial charge in [-0.25, -0.2) is 0 Å². The van der Waals surface area contributed by atoms with E-state index in [-0.39, 0.29) is 6.42 Å². The van der Waals surface area contributed by atoms with Crippen molar-refractivity contribution in [1.82, 2.24) is 0 Å². The zero-order valence-electron chi connectivity index (χ0n) is 15.8. The zero-order chi connectivity index (χ0) is 19.3. The second kappa shape index (κ2) is 8.54. The number of anilines is 2. The van der Waals surface area contributed by atoms with Gasteiger partial charge in [0.15, 0.2) is 0 Å². The second-order valence-electron chi connectivity index (χ2n) is 6.68. The van der Waals surface area contributed by atoms with Crippen LogP contribution in [0.4, 0.5) is 11.4 Å². The Morgan fingerprint density at radius 1 is 0.923 bits per heavy atom. The van der Waals surface area contributed by atoms with Crippen LogP contribution >= 0.6 is 0 Å². The highest BCUT2D eigenvalue weighted by molar-refractivity contribution is 5.82. The van der Waals surface area contributed by atoms with Gasteiger partial charge < -0.3 is 20.6 Å². The number of nitrogens with two attached hydrogens (primary N) is 1. The minimum Gasteiger partial charge on any atom is -0.480 e. The molecule has 0 unspecified atom stereocenters. The molecule has 0 saturated heterocycles. The van der Waals surface area contributed by atoms with E-state index in [0.717, 1.165) is 28.1 Å². The second-order valence-corrected chi connectivity index (χ2v) is 6.68. The third-order valence-corrected chi connectivity index (χ3v) is 4.28. The Morgan fingerprint density at radius 2 is 1.31 bits per heavy atom. The Bertz CT molecular complexity index is 709. The summed E-state index contributed by atoms with van der Waals surface area (Å²) in [5.74, 6) is -0.994. The summed E-state index contributed by atoms with van der Waals surface area (Å²) in [7, 11) is 7.99. The molecular weight excluding hydrogens is 326 g/mol. The van der Waals surface area contributed by atoms with Crippen LogP contribution in [0.3, 0.4) is 0 Å². The first-order valence-electron chi connectivity index (χ1n) is 8.53. The minimum atomic E-state index is -0.994. The van der Waals surface area contributed by atoms with Crippen molar-refractivity contribution in [2.75, 3.05) is 38.0 Å². The van der Waals surface area contributed by atoms with Crippen molar-refractivity contribution < 1.29 is 9.90 Å². The number of nitrogens with zero attached hydrogens (tertiary/aromatic N) is 2. The molecular formula is C21H27N3O2. The molecule has 5 nitrogen and oxygen atoms in total. The number of benzene rings is 2. The molecule has 3 N–H and O–H groups in total. The summed E-state index contributed by atoms with van der Waals surface area (Å²) in [5, 5.41) is 9.07. The van der Waals surface area contributed by atoms with E-state index in [1.54, 1.807) is 0 Å². The molecule has 2 aromatic rings. The Balaban J connectivity index is 2.41. The summed E-state index contributed by atoms with van der Waals surface area (Å²) in [6.07, 6.45) is 2.18. The molecule has 0 amide bonds. The SMILES string of the molecule is CN(C)c1ccc(C(=CC[C@@H](N)C(=O)O)c2ccc(N(C)C)cc2)cc1. The van der Waals surface area contributed by atoms with Crippen LogP contribution < -0.4 is 15.5 Å². The van der Waals surface area contributed by atoms with Crippen molar-refractivity contribution in [3.63, 3.8) is 0 Å². The van der Waals surface area contributed by atoms with Crippen LogP contribution in [0.1, 0.15) is 17.5 Å². The monoisotopic (exact) mass is 353 g/mol. The number of carboxylic acid groups (broad SMARTS) is 1. The normalized spacial score (nSPS) is 11.6. The lowest BCUT2D eigenvalue weighted by Crippen LogP contribution is -2.29. The lowest BCUT2D eigenvalue weighted by Gasteiger charge is -2.16. The van der Waals surface area contributed by atoms with Crippen LogP contribution in [-0.4, -0.2) is 45.3 Å². The highest BCUT2D eigenvalue weighted by atomic mass is 16.4. The first-order chi connectivity index (χ1) is 12.3. The van der Waals surface area contributed by atoms with Gasteiger partial charge in [0, 0.05) is 39.6 Å². The molecule has 26 heavy (non-hydrogen) atoms. The summed E-state index contributed by atoms with van der Waals surface area (Å²) in [6, 6.07) is 15.5. The van der Waals surface area contributed by atoms with Gasteiger partial charge in [-0.05, 0) is 47.4 Å². The molecule has 0 saturated carbocycles. The maximum atomic E-state index is 11.1. The van der Waals surface area contributed by atoms with Crippen molar-refractivity contribution in [2.45, 2.75) is 12.5 Å². The minimum absolute atomic E-state index is 0.273. The van der Waals surface area contributed by atoms with E-state index in [4.69, 9.17) is 10.8 Å². The van der Waals surface area contributed by atoms with Crippen LogP contribution in [-0.2, 0) is 4.79 Å². The Morgan fingerprint density at radius 3 is 1.62 bits per heavy atom. The molecule has 0 fully saturated rings. The average molecular weight is 353 g/mol. The van der Waals surface area contributed by atoms with Gasteiger partial charge in [-0.2, -0.15) is 0 Å². The van der Waals surface area contributed by atoms with Gasteiger partial charge in [-0.15, -0.1) is 0 Å². The van der Waals surface area contributed by atoms with Crippen molar-refractivity contribution in [3.05, 3.63) is 65.7 Å². The number of carbonyl (C=O) groups is 1. The molecule has 5 heteroatoms. The maximum absolute atomic E-state index is 11.1. The van der Waals surface area contributed by atoms with Crippen LogP contribution in [0.5, 0.6) is 0 Å². The number of carboxylic acids is 1. The van der Waals surface area contributed by atoms with Crippen molar-refractivity contribution in [2.24, 2.45) is 5.73 Å². The van der Waals surface area contributed by atoms with Gasteiger partial charge in [0.2, 0.25) is 0 Å². The predicted molar refractivity (Wildman–Crippen MR) is 109 cm³/mol. The summed E-state index contributed by atoms with van der Waals surface area (Å²) in [5.41, 5.74) is 11.0. The third-order valence-electron chi connectivity index (χ3n) is 4.28. The number of hydrogen-bond donors (Lipinski definition) is 2. The molecule has 0 radical (unpaired) electrons. The standard InChI is InChI=1S/C21H27N3O2/c1-23(2)17-9-5-15(6-10-17)19(13-14-20(22)21(25)26)16-7-11-18(12-8-16)24(3)4/h5-13,20H,14,22H2,1-4H3,(H,25,26)/t20-/m1/s1. The zero-order valence-corrected chi connectivity index (χ0v) is 15.8. The predicted octanol–water partition coefficient (Wildman–Crippen LogP) is 3.05. The van der Waals surface area contributed by atoms with Crippen LogP contribution in [0, 0.1) is 0 Å². The van der Waals surface area contributed by atoms with E-state index < -0.39 is 12.0 Å². The van der Waals surface area contributed by atoms with Gasteiger partial charge in [-0.3, -0.25) is 4.79 Å². The average Bonchev–Trinajstić information content (AvgIpc) is 2.62. The molecule has 2 rings (SSSR count). The smallest absolute Gasteiger partial charge is 0.320 e. The van der Waals surface area contributed by atoms with Crippen LogP contribution in [0.15, 0.2) is 54.6 Å². The van der Waals surface area contributed by atoms with E-state index in [1.807, 2.05) is 68.3 Å². The Labute approximate surface area is 155 Å². The number of aliphatic carboxylic acids is 1. The van der Waals surface area contributed by atoms with Gasteiger partial charge >= 0.3 is 5.97 Å². The first-order valence-corrected chi connectivity index (χ1v) is 8.53. The topological polar surface area (TPSA) is 69.8 Å². The Kier molecular flexibility index (Phi) is 6.41. The third kappa shape index (κ3) is 4.86. The van der Waals surface area contributed by atoms with E-state index in [2.05, 4.69) is 24.3 Å². The summed E-state index contributed by atoms with van der Waals surface area (Å²) in [6.45, 7) is 0. The fourth-order valence-electron chi connectivity index (χ4n) is 2.63.